The number of amides is 1. The van der Waals surface area contributed by atoms with Crippen LogP contribution < -0.4 is 9.64 Å². The molecule has 2 aromatic carbocycles. The molecule has 0 radical (unpaired) electrons. The minimum absolute atomic E-state index is 0.0436. The van der Waals surface area contributed by atoms with Crippen LogP contribution in [0.2, 0.25) is 0 Å². The minimum Gasteiger partial charge on any atom is -0.494 e. The molecule has 1 aromatic heterocycles. The van der Waals surface area contributed by atoms with E-state index in [0.29, 0.717) is 20.7 Å². The summed E-state index contributed by atoms with van der Waals surface area (Å²) in [5.41, 5.74) is 4.01. The van der Waals surface area contributed by atoms with Crippen LogP contribution in [0, 0.1) is 24.0 Å². The third-order valence-corrected chi connectivity index (χ3v) is 6.48. The van der Waals surface area contributed by atoms with Gasteiger partial charge in [0.25, 0.3) is 11.6 Å². The molecule has 4 rings (SSSR count). The maximum atomic E-state index is 13.1. The van der Waals surface area contributed by atoms with Crippen LogP contribution in [0.4, 0.5) is 11.4 Å². The van der Waals surface area contributed by atoms with Crippen LogP contribution in [0.1, 0.15) is 17.0 Å². The maximum Gasteiger partial charge on any atom is 0.273 e. The van der Waals surface area contributed by atoms with E-state index in [4.69, 9.17) is 17.0 Å². The standard InChI is InChI=1S/C23H19N3O4S2/c1-14-11-16(12-21-22(27)25(23(31)32-21)17-7-5-4-6-8-17)15(2)24(14)19-10-9-18(26(28)29)13-20(19)30-3/h4-13H,1-3H3/b21-12+. The molecular formula is C23H19N3O4S2. The Balaban J connectivity index is 1.73. The largest absolute Gasteiger partial charge is 0.494 e. The number of hydrogen-bond acceptors (Lipinski definition) is 6. The summed E-state index contributed by atoms with van der Waals surface area (Å²) in [5.74, 6) is 0.229. The van der Waals surface area contributed by atoms with E-state index >= 15 is 0 Å². The third-order valence-electron chi connectivity index (χ3n) is 5.18. The Hall–Kier alpha value is -3.43. The van der Waals surface area contributed by atoms with Crippen LogP contribution in [-0.4, -0.2) is 26.8 Å². The van der Waals surface area contributed by atoms with Crippen LogP contribution in [0.15, 0.2) is 59.5 Å². The molecule has 9 heteroatoms. The molecule has 32 heavy (non-hydrogen) atoms. The Morgan fingerprint density at radius 1 is 1.12 bits per heavy atom. The Labute approximate surface area is 194 Å². The van der Waals surface area contributed by atoms with Gasteiger partial charge < -0.3 is 9.30 Å². The monoisotopic (exact) mass is 465 g/mol. The lowest BCUT2D eigenvalue weighted by Gasteiger charge is -2.14. The van der Waals surface area contributed by atoms with E-state index in [2.05, 4.69) is 0 Å². The molecule has 1 amide bonds. The van der Waals surface area contributed by atoms with Gasteiger partial charge >= 0.3 is 0 Å². The summed E-state index contributed by atoms with van der Waals surface area (Å²) in [6, 6.07) is 15.8. The molecule has 7 nitrogen and oxygen atoms in total. The van der Waals surface area contributed by atoms with Crippen LogP contribution in [0.5, 0.6) is 5.75 Å². The van der Waals surface area contributed by atoms with E-state index in [1.54, 1.807) is 6.07 Å². The van der Waals surface area contributed by atoms with E-state index < -0.39 is 4.92 Å². The predicted octanol–water partition coefficient (Wildman–Crippen LogP) is 5.42. The van der Waals surface area contributed by atoms with Gasteiger partial charge in [-0.25, -0.2) is 0 Å². The molecule has 0 saturated carbocycles. The number of thiocarbonyl (C=S) groups is 1. The van der Waals surface area contributed by atoms with Gasteiger partial charge in [0.1, 0.15) is 5.75 Å². The first-order valence-electron chi connectivity index (χ1n) is 9.66. The topological polar surface area (TPSA) is 77.6 Å². The minimum atomic E-state index is -0.457. The fraction of sp³-hybridized carbons (Fsp3) is 0.130. The number of carbonyl (C=O) groups is 1. The van der Waals surface area contributed by atoms with Crippen LogP contribution in [0.25, 0.3) is 11.8 Å². The number of nitro benzene ring substituents is 1. The molecule has 162 valence electrons. The second-order valence-electron chi connectivity index (χ2n) is 7.13. The normalized spacial score (nSPS) is 15.0. The fourth-order valence-corrected chi connectivity index (χ4v) is 4.97. The van der Waals surface area contributed by atoms with Gasteiger partial charge in [-0.1, -0.05) is 42.2 Å². The van der Waals surface area contributed by atoms with E-state index in [0.717, 1.165) is 22.6 Å². The van der Waals surface area contributed by atoms with Gasteiger partial charge in [-0.15, -0.1) is 0 Å². The highest BCUT2D eigenvalue weighted by Gasteiger charge is 2.33. The molecule has 0 atom stereocenters. The number of para-hydroxylation sites is 1. The summed E-state index contributed by atoms with van der Waals surface area (Å²) in [7, 11) is 1.48. The lowest BCUT2D eigenvalue weighted by atomic mass is 10.2. The first-order valence-corrected chi connectivity index (χ1v) is 10.9. The number of thioether (sulfide) groups is 1. The van der Waals surface area contributed by atoms with Gasteiger partial charge in [-0.3, -0.25) is 19.8 Å². The van der Waals surface area contributed by atoms with Crippen LogP contribution in [0.3, 0.4) is 0 Å². The van der Waals surface area contributed by atoms with Crippen molar-refractivity contribution in [1.82, 2.24) is 4.57 Å². The van der Waals surface area contributed by atoms with E-state index in [1.165, 1.54) is 35.9 Å². The molecule has 0 N–H and O–H groups in total. The van der Waals surface area contributed by atoms with Gasteiger partial charge in [0.15, 0.2) is 4.32 Å². The zero-order chi connectivity index (χ0) is 23.0. The smallest absolute Gasteiger partial charge is 0.273 e. The third kappa shape index (κ3) is 3.80. The summed E-state index contributed by atoms with van der Waals surface area (Å²) in [6.45, 7) is 3.86. The average molecular weight is 466 g/mol. The fourth-order valence-electron chi connectivity index (χ4n) is 3.68. The summed E-state index contributed by atoms with van der Waals surface area (Å²) >= 11 is 6.71. The second-order valence-corrected chi connectivity index (χ2v) is 8.80. The first kappa shape index (κ1) is 21.8. The average Bonchev–Trinajstić information content (AvgIpc) is 3.22. The molecule has 1 aliphatic rings. The van der Waals surface area contributed by atoms with Crippen molar-refractivity contribution in [3.8, 4) is 11.4 Å². The molecule has 1 saturated heterocycles. The molecule has 0 aliphatic carbocycles. The number of aromatic nitrogens is 1. The first-order chi connectivity index (χ1) is 15.3. The number of methoxy groups -OCH3 is 1. The summed E-state index contributed by atoms with van der Waals surface area (Å²) < 4.78 is 7.85. The number of benzene rings is 2. The quantitative estimate of drug-likeness (QED) is 0.217. The number of ether oxygens (including phenoxy) is 1. The number of aryl methyl sites for hydroxylation is 1. The molecule has 0 unspecified atom stereocenters. The number of hydrogen-bond donors (Lipinski definition) is 0. The van der Waals surface area contributed by atoms with Crippen molar-refractivity contribution < 1.29 is 14.5 Å². The van der Waals surface area contributed by atoms with Gasteiger partial charge in [-0.05, 0) is 49.8 Å². The zero-order valence-electron chi connectivity index (χ0n) is 17.6. The van der Waals surface area contributed by atoms with Crippen molar-refractivity contribution in [2.24, 2.45) is 0 Å². The SMILES string of the molecule is COc1cc([N+](=O)[O-])ccc1-n1c(C)cc(/C=C2/SC(=S)N(c3ccccc3)C2=O)c1C. The Kier molecular flexibility index (Phi) is 5.86. The highest BCUT2D eigenvalue weighted by molar-refractivity contribution is 8.27. The van der Waals surface area contributed by atoms with Crippen molar-refractivity contribution in [2.45, 2.75) is 13.8 Å². The lowest BCUT2D eigenvalue weighted by Crippen LogP contribution is -2.27. The van der Waals surface area contributed by atoms with Gasteiger partial charge in [0, 0.05) is 17.5 Å². The van der Waals surface area contributed by atoms with E-state index in [-0.39, 0.29) is 11.6 Å². The molecule has 1 aliphatic heterocycles. The van der Waals surface area contributed by atoms with Crippen molar-refractivity contribution in [3.05, 3.63) is 86.6 Å². The molecule has 2 heterocycles. The number of carbonyl (C=O) groups excluding carboxylic acids is 1. The number of rotatable bonds is 5. The summed E-state index contributed by atoms with van der Waals surface area (Å²) in [4.78, 5) is 25.8. The summed E-state index contributed by atoms with van der Waals surface area (Å²) in [6.07, 6.45) is 1.83. The Morgan fingerprint density at radius 3 is 2.50 bits per heavy atom. The second kappa shape index (κ2) is 8.60. The number of nitrogens with zero attached hydrogens (tertiary/aromatic N) is 3. The predicted molar refractivity (Wildman–Crippen MR) is 131 cm³/mol. The highest BCUT2D eigenvalue weighted by atomic mass is 32.2. The van der Waals surface area contributed by atoms with E-state index in [9.17, 15) is 14.9 Å². The summed E-state index contributed by atoms with van der Waals surface area (Å²) in [5, 5.41) is 11.1. The number of non-ortho nitro benzene ring substituents is 1. The van der Waals surface area contributed by atoms with Gasteiger partial charge in [0.05, 0.1) is 34.4 Å². The molecule has 0 spiro atoms. The Bertz CT molecular complexity index is 1280. The van der Waals surface area contributed by atoms with Gasteiger partial charge in [0.2, 0.25) is 0 Å². The van der Waals surface area contributed by atoms with E-state index in [1.807, 2.05) is 60.9 Å². The van der Waals surface area contributed by atoms with Gasteiger partial charge in [-0.2, -0.15) is 0 Å². The number of anilines is 1. The van der Waals surface area contributed by atoms with Crippen molar-refractivity contribution in [3.63, 3.8) is 0 Å². The van der Waals surface area contributed by atoms with Crippen molar-refractivity contribution >= 4 is 51.7 Å². The molecular weight excluding hydrogens is 446 g/mol. The van der Waals surface area contributed by atoms with Crippen molar-refractivity contribution in [2.75, 3.05) is 12.0 Å². The molecule has 1 fully saturated rings. The van der Waals surface area contributed by atoms with Crippen LogP contribution >= 0.6 is 24.0 Å². The number of nitro groups is 1. The van der Waals surface area contributed by atoms with Crippen LogP contribution in [-0.2, 0) is 4.79 Å². The zero-order valence-corrected chi connectivity index (χ0v) is 19.2. The Morgan fingerprint density at radius 2 is 1.84 bits per heavy atom. The lowest BCUT2D eigenvalue weighted by molar-refractivity contribution is -0.384. The van der Waals surface area contributed by atoms with Crippen molar-refractivity contribution in [1.29, 1.82) is 0 Å². The molecule has 0 bridgehead atoms. The maximum absolute atomic E-state index is 13.1. The molecule has 3 aromatic rings. The highest BCUT2D eigenvalue weighted by Crippen LogP contribution is 2.37.